The van der Waals surface area contributed by atoms with E-state index in [9.17, 15) is 8.42 Å². The normalized spacial score (nSPS) is 21.5. The molecule has 7 heteroatoms. The van der Waals surface area contributed by atoms with Crippen molar-refractivity contribution in [1.29, 1.82) is 0 Å². The van der Waals surface area contributed by atoms with Gasteiger partial charge in [-0.15, -0.1) is 0 Å². The van der Waals surface area contributed by atoms with Crippen LogP contribution in [-0.2, 0) is 10.0 Å². The number of nitrogens with two attached hydrogens (primary N) is 1. The number of imidazole rings is 1. The molecule has 0 atom stereocenters. The summed E-state index contributed by atoms with van der Waals surface area (Å²) in [7, 11) is -3.40. The Morgan fingerprint density at radius 3 is 2.65 bits per heavy atom. The van der Waals surface area contributed by atoms with Gasteiger partial charge in [0.25, 0.3) is 10.0 Å². The van der Waals surface area contributed by atoms with Crippen LogP contribution in [0, 0.1) is 5.41 Å². The zero-order valence-corrected chi connectivity index (χ0v) is 10.7. The molecule has 0 aromatic carbocycles. The highest BCUT2D eigenvalue weighted by Crippen LogP contribution is 2.31. The molecule has 3 N–H and O–H groups in total. The van der Waals surface area contributed by atoms with E-state index in [0.717, 1.165) is 12.8 Å². The fraction of sp³-hybridized carbons (Fsp3) is 0.700. The van der Waals surface area contributed by atoms with Crippen molar-refractivity contribution in [3.05, 3.63) is 12.5 Å². The predicted octanol–water partition coefficient (Wildman–Crippen LogP) is 0.159. The molecule has 1 aliphatic rings. The first-order valence-corrected chi connectivity index (χ1v) is 7.11. The first kappa shape index (κ1) is 12.5. The Balaban J connectivity index is 2.12. The third-order valence-corrected chi connectivity index (χ3v) is 5.34. The third kappa shape index (κ3) is 2.36. The molecular formula is C10H18N4O2S. The van der Waals surface area contributed by atoms with Crippen LogP contribution in [0.5, 0.6) is 0 Å². The number of hydrogen-bond acceptors (Lipinski definition) is 4. The zero-order valence-electron chi connectivity index (χ0n) is 9.89. The summed E-state index contributed by atoms with van der Waals surface area (Å²) in [6.07, 6.45) is 4.32. The van der Waals surface area contributed by atoms with E-state index in [4.69, 9.17) is 5.73 Å². The second kappa shape index (κ2) is 4.40. The maximum Gasteiger partial charge on any atom is 0.260 e. The van der Waals surface area contributed by atoms with Gasteiger partial charge in [0.2, 0.25) is 0 Å². The van der Waals surface area contributed by atoms with Gasteiger partial charge < -0.3 is 10.7 Å². The second-order valence-electron chi connectivity index (χ2n) is 4.83. The van der Waals surface area contributed by atoms with Crippen molar-refractivity contribution in [3.63, 3.8) is 0 Å². The van der Waals surface area contributed by atoms with E-state index in [0.29, 0.717) is 19.6 Å². The van der Waals surface area contributed by atoms with Crippen molar-refractivity contribution in [2.45, 2.75) is 24.8 Å². The molecule has 0 bridgehead atoms. The fourth-order valence-electron chi connectivity index (χ4n) is 1.99. The molecule has 1 aliphatic heterocycles. The van der Waals surface area contributed by atoms with E-state index in [-0.39, 0.29) is 10.4 Å². The number of sulfonamides is 1. The monoisotopic (exact) mass is 258 g/mol. The molecule has 0 radical (unpaired) electrons. The zero-order chi connectivity index (χ0) is 12.5. The first-order valence-electron chi connectivity index (χ1n) is 5.67. The Hall–Kier alpha value is -0.920. The summed E-state index contributed by atoms with van der Waals surface area (Å²) in [5.74, 6) is 0. The molecule has 1 fully saturated rings. The summed E-state index contributed by atoms with van der Waals surface area (Å²) in [5, 5.41) is 0.161. The minimum atomic E-state index is -3.40. The number of rotatable bonds is 3. The van der Waals surface area contributed by atoms with Crippen LogP contribution in [0.3, 0.4) is 0 Å². The maximum absolute atomic E-state index is 12.2. The maximum atomic E-state index is 12.2. The lowest BCUT2D eigenvalue weighted by atomic mass is 9.81. The average molecular weight is 258 g/mol. The number of piperidine rings is 1. The summed E-state index contributed by atoms with van der Waals surface area (Å²) in [6, 6.07) is 0. The van der Waals surface area contributed by atoms with Gasteiger partial charge in [0, 0.05) is 13.1 Å². The van der Waals surface area contributed by atoms with Crippen molar-refractivity contribution in [2.75, 3.05) is 19.6 Å². The van der Waals surface area contributed by atoms with Crippen LogP contribution in [0.2, 0.25) is 0 Å². The first-order chi connectivity index (χ1) is 7.98. The molecular weight excluding hydrogens is 240 g/mol. The quantitative estimate of drug-likeness (QED) is 0.807. The highest BCUT2D eigenvalue weighted by molar-refractivity contribution is 7.89. The summed E-state index contributed by atoms with van der Waals surface area (Å²) >= 11 is 0. The minimum absolute atomic E-state index is 0.0694. The summed E-state index contributed by atoms with van der Waals surface area (Å²) in [5.41, 5.74) is 5.77. The Labute approximate surface area is 101 Å². The summed E-state index contributed by atoms with van der Waals surface area (Å²) < 4.78 is 25.8. The topological polar surface area (TPSA) is 92.1 Å². The fourth-order valence-corrected chi connectivity index (χ4v) is 3.33. The van der Waals surface area contributed by atoms with Crippen LogP contribution in [0.15, 0.2) is 17.6 Å². The van der Waals surface area contributed by atoms with E-state index in [1.54, 1.807) is 0 Å². The van der Waals surface area contributed by atoms with Crippen molar-refractivity contribution >= 4 is 10.0 Å². The molecule has 6 nitrogen and oxygen atoms in total. The Morgan fingerprint density at radius 2 is 2.18 bits per heavy atom. The number of hydrogen-bond donors (Lipinski definition) is 2. The van der Waals surface area contributed by atoms with Gasteiger partial charge in [-0.25, -0.2) is 13.4 Å². The molecule has 0 unspecified atom stereocenters. The Bertz CT molecular complexity index is 461. The van der Waals surface area contributed by atoms with Gasteiger partial charge in [-0.1, -0.05) is 6.92 Å². The Morgan fingerprint density at radius 1 is 1.53 bits per heavy atom. The average Bonchev–Trinajstić information content (AvgIpc) is 2.84. The summed E-state index contributed by atoms with van der Waals surface area (Å²) in [4.78, 5) is 6.39. The van der Waals surface area contributed by atoms with E-state index in [2.05, 4.69) is 16.9 Å². The predicted molar refractivity (Wildman–Crippen MR) is 63.7 cm³/mol. The van der Waals surface area contributed by atoms with Gasteiger partial charge in [0.1, 0.15) is 0 Å². The van der Waals surface area contributed by atoms with Crippen LogP contribution < -0.4 is 5.73 Å². The molecule has 1 aromatic heterocycles. The lowest BCUT2D eigenvalue weighted by Crippen LogP contribution is -2.44. The molecule has 0 saturated carbocycles. The van der Waals surface area contributed by atoms with Gasteiger partial charge in [0.05, 0.1) is 12.5 Å². The number of nitrogens with zero attached hydrogens (tertiary/aromatic N) is 2. The smallest absolute Gasteiger partial charge is 0.260 e. The molecule has 1 aromatic rings. The van der Waals surface area contributed by atoms with E-state index < -0.39 is 10.0 Å². The molecule has 2 heterocycles. The number of aromatic nitrogens is 2. The van der Waals surface area contributed by atoms with Gasteiger partial charge in [-0.3, -0.25) is 0 Å². The van der Waals surface area contributed by atoms with Gasteiger partial charge >= 0.3 is 0 Å². The van der Waals surface area contributed by atoms with Crippen LogP contribution >= 0.6 is 0 Å². The molecule has 1 saturated heterocycles. The van der Waals surface area contributed by atoms with Crippen molar-refractivity contribution in [2.24, 2.45) is 11.1 Å². The SMILES string of the molecule is CC1(CN)CCN(S(=O)(=O)c2cnc[nH]2)CC1. The van der Waals surface area contributed by atoms with E-state index in [1.807, 2.05) is 0 Å². The largest absolute Gasteiger partial charge is 0.335 e. The molecule has 0 aliphatic carbocycles. The van der Waals surface area contributed by atoms with Crippen LogP contribution in [0.1, 0.15) is 19.8 Å². The van der Waals surface area contributed by atoms with Crippen molar-refractivity contribution in [1.82, 2.24) is 14.3 Å². The van der Waals surface area contributed by atoms with Gasteiger partial charge in [0.15, 0.2) is 5.03 Å². The van der Waals surface area contributed by atoms with Gasteiger partial charge in [-0.2, -0.15) is 4.31 Å². The van der Waals surface area contributed by atoms with E-state index in [1.165, 1.54) is 16.8 Å². The van der Waals surface area contributed by atoms with E-state index >= 15 is 0 Å². The molecule has 2 rings (SSSR count). The molecule has 17 heavy (non-hydrogen) atoms. The highest BCUT2D eigenvalue weighted by Gasteiger charge is 2.35. The Kier molecular flexibility index (Phi) is 3.24. The number of H-pyrrole nitrogens is 1. The summed E-state index contributed by atoms with van der Waals surface area (Å²) in [6.45, 7) is 3.75. The lowest BCUT2D eigenvalue weighted by molar-refractivity contribution is 0.182. The molecule has 96 valence electrons. The van der Waals surface area contributed by atoms with Crippen LogP contribution in [0.4, 0.5) is 0 Å². The third-order valence-electron chi connectivity index (χ3n) is 3.51. The van der Waals surface area contributed by atoms with Crippen LogP contribution in [-0.4, -0.2) is 42.3 Å². The minimum Gasteiger partial charge on any atom is -0.335 e. The van der Waals surface area contributed by atoms with Crippen LogP contribution in [0.25, 0.3) is 0 Å². The second-order valence-corrected chi connectivity index (χ2v) is 6.74. The van der Waals surface area contributed by atoms with Crippen molar-refractivity contribution < 1.29 is 8.42 Å². The highest BCUT2D eigenvalue weighted by atomic mass is 32.2. The number of nitrogens with one attached hydrogen (secondary N) is 1. The number of aromatic amines is 1. The molecule has 0 amide bonds. The van der Waals surface area contributed by atoms with Gasteiger partial charge in [-0.05, 0) is 24.8 Å². The lowest BCUT2D eigenvalue weighted by Gasteiger charge is -2.37. The standard InChI is InChI=1S/C10H18N4O2S/c1-10(7-11)2-4-14(5-3-10)17(15,16)9-6-12-8-13-9/h6,8H,2-5,7,11H2,1H3,(H,12,13). The van der Waals surface area contributed by atoms with Crippen molar-refractivity contribution in [3.8, 4) is 0 Å². The molecule has 0 spiro atoms.